The number of carboxylic acids is 1. The maximum Gasteiger partial charge on any atom is 0.306 e. The molecule has 0 aromatic carbocycles. The summed E-state index contributed by atoms with van der Waals surface area (Å²) in [7, 11) is 0. The maximum atomic E-state index is 13.2. The number of carbonyl (C=O) groups excluding carboxylic acids is 5. The summed E-state index contributed by atoms with van der Waals surface area (Å²) in [6, 6.07) is -2.62. The van der Waals surface area contributed by atoms with Gasteiger partial charge in [0.25, 0.3) is 5.91 Å². The Kier molecular flexibility index (Phi) is 14.0. The van der Waals surface area contributed by atoms with Gasteiger partial charge in [0.2, 0.25) is 17.6 Å². The zero-order valence-electron chi connectivity index (χ0n) is 21.9. The molecule has 0 aliphatic rings. The van der Waals surface area contributed by atoms with Crippen molar-refractivity contribution in [2.24, 2.45) is 39.8 Å². The van der Waals surface area contributed by atoms with Crippen LogP contribution < -0.4 is 33.6 Å². The van der Waals surface area contributed by atoms with Crippen LogP contribution in [0.15, 0.2) is 4.99 Å². The van der Waals surface area contributed by atoms with E-state index in [2.05, 4.69) is 15.6 Å². The summed E-state index contributed by atoms with van der Waals surface area (Å²) in [4.78, 5) is 78.3. The number of primary amides is 1. The van der Waals surface area contributed by atoms with Gasteiger partial charge in [-0.15, -0.1) is 0 Å². The molecule has 0 radical (unpaired) electrons. The molecule has 0 fully saturated rings. The number of aliphatic imine (C=N–C) groups is 1. The molecule has 0 saturated carbocycles. The quantitative estimate of drug-likeness (QED) is 0.0348. The van der Waals surface area contributed by atoms with Crippen LogP contribution in [0.2, 0.25) is 0 Å². The molecule has 37 heavy (non-hydrogen) atoms. The van der Waals surface area contributed by atoms with E-state index in [1.165, 1.54) is 0 Å². The number of nitrogens with zero attached hydrogens (tertiary/aromatic N) is 1. The van der Waals surface area contributed by atoms with Crippen LogP contribution in [0.3, 0.4) is 0 Å². The number of hydrogen-bond donors (Lipinski definition) is 7. The third kappa shape index (κ3) is 10.9. The van der Waals surface area contributed by atoms with Crippen molar-refractivity contribution in [2.75, 3.05) is 6.54 Å². The Morgan fingerprint density at radius 2 is 1.57 bits per heavy atom. The average molecular weight is 528 g/mol. The molecular weight excluding hydrogens is 486 g/mol. The molecule has 0 bridgehead atoms. The van der Waals surface area contributed by atoms with Gasteiger partial charge in [0.15, 0.2) is 17.3 Å². The second-order valence-electron chi connectivity index (χ2n) is 9.26. The van der Waals surface area contributed by atoms with Crippen LogP contribution in [0, 0.1) is 11.8 Å². The number of amides is 3. The molecule has 0 aromatic heterocycles. The van der Waals surface area contributed by atoms with E-state index in [0.29, 0.717) is 12.8 Å². The van der Waals surface area contributed by atoms with Crippen LogP contribution in [-0.2, 0) is 28.8 Å². The summed E-state index contributed by atoms with van der Waals surface area (Å²) in [6.07, 6.45) is 0.00208. The van der Waals surface area contributed by atoms with Crippen LogP contribution >= 0.6 is 0 Å². The molecule has 0 saturated heterocycles. The third-order valence-corrected chi connectivity index (χ3v) is 6.17. The Morgan fingerprint density at radius 3 is 2.03 bits per heavy atom. The van der Waals surface area contributed by atoms with Crippen molar-refractivity contribution in [1.29, 1.82) is 0 Å². The summed E-state index contributed by atoms with van der Waals surface area (Å²) >= 11 is 0. The first kappa shape index (κ1) is 33.4. The predicted octanol–water partition coefficient (Wildman–Crippen LogP) is -1.71. The van der Waals surface area contributed by atoms with Gasteiger partial charge < -0.3 is 38.7 Å². The van der Waals surface area contributed by atoms with Crippen molar-refractivity contribution in [2.45, 2.75) is 83.8 Å². The molecule has 14 nitrogen and oxygen atoms in total. The lowest BCUT2D eigenvalue weighted by atomic mass is 9.84. The number of ketones is 2. The number of carboxylic acid groups (broad SMARTS) is 1. The second-order valence-corrected chi connectivity index (χ2v) is 9.26. The van der Waals surface area contributed by atoms with Gasteiger partial charge in [-0.05, 0) is 24.7 Å². The highest BCUT2D eigenvalue weighted by Gasteiger charge is 2.45. The third-order valence-electron chi connectivity index (χ3n) is 6.17. The van der Waals surface area contributed by atoms with E-state index in [9.17, 15) is 33.9 Å². The zero-order valence-corrected chi connectivity index (χ0v) is 21.9. The summed E-state index contributed by atoms with van der Waals surface area (Å²) in [5.41, 5.74) is 19.3. The monoisotopic (exact) mass is 527 g/mol. The van der Waals surface area contributed by atoms with Gasteiger partial charge in [-0.3, -0.25) is 33.8 Å². The summed E-state index contributed by atoms with van der Waals surface area (Å²) in [6.45, 7) is 7.04. The number of Topliss-reactive ketones (excluding diaryl/α,β-unsaturated/α-hetero) is 2. The summed E-state index contributed by atoms with van der Waals surface area (Å²) < 4.78 is 0. The van der Waals surface area contributed by atoms with Gasteiger partial charge in [-0.25, -0.2) is 0 Å². The van der Waals surface area contributed by atoms with Crippen LogP contribution in [-0.4, -0.2) is 70.5 Å². The number of nitrogens with two attached hydrogens (primary N) is 4. The average Bonchev–Trinajstić information content (AvgIpc) is 2.81. The summed E-state index contributed by atoms with van der Waals surface area (Å²) in [5, 5.41) is 14.1. The number of carbonyl (C=O) groups is 6. The van der Waals surface area contributed by atoms with Crippen molar-refractivity contribution < 1.29 is 33.9 Å². The smallest absolute Gasteiger partial charge is 0.306 e. The molecule has 3 amide bonds. The normalized spacial score (nSPS) is 15.7. The molecule has 0 aliphatic heterocycles. The maximum absolute atomic E-state index is 13.2. The minimum absolute atomic E-state index is 0.0605. The number of nitrogens with one attached hydrogen (secondary N) is 2. The zero-order chi connectivity index (χ0) is 28.9. The van der Waals surface area contributed by atoms with E-state index >= 15 is 0 Å². The van der Waals surface area contributed by atoms with Crippen LogP contribution in [0.1, 0.15) is 66.2 Å². The molecule has 5 atom stereocenters. The molecular formula is C23H41N7O7. The molecule has 0 aromatic rings. The lowest BCUT2D eigenvalue weighted by molar-refractivity contribution is -0.147. The Morgan fingerprint density at radius 1 is 0.973 bits per heavy atom. The fourth-order valence-corrected chi connectivity index (χ4v) is 3.36. The number of guanidine groups is 1. The predicted molar refractivity (Wildman–Crippen MR) is 136 cm³/mol. The number of aliphatic carboxylic acids is 1. The van der Waals surface area contributed by atoms with Crippen molar-refractivity contribution in [3.05, 3.63) is 0 Å². The van der Waals surface area contributed by atoms with E-state index in [-0.39, 0.29) is 37.7 Å². The molecule has 0 unspecified atom stereocenters. The van der Waals surface area contributed by atoms with Crippen LogP contribution in [0.4, 0.5) is 0 Å². The Labute approximate surface area is 216 Å². The van der Waals surface area contributed by atoms with Gasteiger partial charge in [0, 0.05) is 13.0 Å². The van der Waals surface area contributed by atoms with E-state index in [1.54, 1.807) is 20.8 Å². The SMILES string of the molecule is CC[C@H](C)CC(=O)[C@](N)(CC(=O)O)C(=O)N[C@H](CCCN=C(N)N)C(=O)N[C@H](C(=O)C(N)=O)[C@@H](C)CC. The van der Waals surface area contributed by atoms with Crippen molar-refractivity contribution in [1.82, 2.24) is 10.6 Å². The van der Waals surface area contributed by atoms with Gasteiger partial charge in [-0.2, -0.15) is 0 Å². The van der Waals surface area contributed by atoms with Crippen molar-refractivity contribution in [3.8, 4) is 0 Å². The Hall–Kier alpha value is -3.55. The van der Waals surface area contributed by atoms with E-state index < -0.39 is 65.2 Å². The molecule has 0 heterocycles. The summed E-state index contributed by atoms with van der Waals surface area (Å²) in [5.74, 6) is -7.36. The number of rotatable bonds is 18. The highest BCUT2D eigenvalue weighted by atomic mass is 16.4. The number of hydrogen-bond acceptors (Lipinski definition) is 8. The molecule has 11 N–H and O–H groups in total. The first-order valence-electron chi connectivity index (χ1n) is 12.1. The molecule has 14 heteroatoms. The van der Waals surface area contributed by atoms with Gasteiger partial charge >= 0.3 is 5.97 Å². The van der Waals surface area contributed by atoms with Crippen LogP contribution in [0.5, 0.6) is 0 Å². The van der Waals surface area contributed by atoms with Crippen LogP contribution in [0.25, 0.3) is 0 Å². The standard InChI is InChI=1S/C23H41N7O7/c1-5-12(3)10-15(31)23(27,11-16(32)33)21(37)29-14(8-7-9-28-22(25)26)20(36)30-17(13(4)6-2)18(34)19(24)35/h12-14,17H,5-11,27H2,1-4H3,(H2,24,35)(H,29,37)(H,30,36)(H,32,33)(H4,25,26,28)/t12-,13-,14+,17-,23+/m0/s1. The first-order valence-corrected chi connectivity index (χ1v) is 12.1. The minimum atomic E-state index is -2.44. The lowest BCUT2D eigenvalue weighted by Crippen LogP contribution is -2.64. The first-order chi connectivity index (χ1) is 17.1. The largest absolute Gasteiger partial charge is 0.481 e. The van der Waals surface area contributed by atoms with Crippen molar-refractivity contribution in [3.63, 3.8) is 0 Å². The minimum Gasteiger partial charge on any atom is -0.481 e. The van der Waals surface area contributed by atoms with Crippen molar-refractivity contribution >= 4 is 41.2 Å². The lowest BCUT2D eigenvalue weighted by Gasteiger charge is -2.30. The van der Waals surface area contributed by atoms with E-state index in [1.807, 2.05) is 6.92 Å². The Balaban J connectivity index is 6.09. The van der Waals surface area contributed by atoms with Gasteiger partial charge in [0.05, 0.1) is 12.5 Å². The van der Waals surface area contributed by atoms with Gasteiger partial charge in [-0.1, -0.05) is 40.5 Å². The van der Waals surface area contributed by atoms with Gasteiger partial charge in [0.1, 0.15) is 6.04 Å². The topological polar surface area (TPSA) is 263 Å². The molecule has 0 rings (SSSR count). The van der Waals surface area contributed by atoms with E-state index in [0.717, 1.165) is 0 Å². The molecule has 0 aliphatic carbocycles. The fourth-order valence-electron chi connectivity index (χ4n) is 3.36. The Bertz CT molecular complexity index is 889. The fraction of sp³-hybridized carbons (Fsp3) is 0.696. The van der Waals surface area contributed by atoms with E-state index in [4.69, 9.17) is 22.9 Å². The highest BCUT2D eigenvalue weighted by Crippen LogP contribution is 2.18. The molecule has 0 spiro atoms. The second kappa shape index (κ2) is 15.5. The molecule has 210 valence electrons. The highest BCUT2D eigenvalue weighted by molar-refractivity contribution is 6.38.